The number of rotatable bonds is 3. The van der Waals surface area contributed by atoms with Crippen molar-refractivity contribution in [1.29, 1.82) is 0 Å². The standard InChI is InChI=1S/C16H19NO2/c1-16(2)10-14-13(15(18)11-16)6-8-17(14)7-5-12-4-3-9-19-12/h3-4,6,8-9H,5,7,10-11H2,1-2H3. The molecule has 0 amide bonds. The first-order chi connectivity index (χ1) is 9.05. The number of furan rings is 1. The molecule has 0 atom stereocenters. The molecule has 0 bridgehead atoms. The highest BCUT2D eigenvalue weighted by molar-refractivity contribution is 5.98. The molecule has 0 saturated carbocycles. The van der Waals surface area contributed by atoms with Crippen LogP contribution in [-0.2, 0) is 19.4 Å². The van der Waals surface area contributed by atoms with Crippen molar-refractivity contribution in [2.24, 2.45) is 5.41 Å². The number of nitrogens with zero attached hydrogens (tertiary/aromatic N) is 1. The highest BCUT2D eigenvalue weighted by Gasteiger charge is 2.32. The van der Waals surface area contributed by atoms with Gasteiger partial charge in [-0.25, -0.2) is 0 Å². The Balaban J connectivity index is 1.82. The summed E-state index contributed by atoms with van der Waals surface area (Å²) < 4.78 is 7.56. The second-order valence-electron chi connectivity index (χ2n) is 6.14. The largest absolute Gasteiger partial charge is 0.469 e. The maximum Gasteiger partial charge on any atom is 0.165 e. The molecule has 0 aromatic carbocycles. The second kappa shape index (κ2) is 4.41. The molecule has 0 unspecified atom stereocenters. The van der Waals surface area contributed by atoms with Gasteiger partial charge in [-0.1, -0.05) is 13.8 Å². The molecule has 0 N–H and O–H groups in total. The van der Waals surface area contributed by atoms with E-state index < -0.39 is 0 Å². The van der Waals surface area contributed by atoms with Gasteiger partial charge in [0, 0.05) is 36.8 Å². The molecule has 3 nitrogen and oxygen atoms in total. The van der Waals surface area contributed by atoms with Gasteiger partial charge in [0.05, 0.1) is 6.26 Å². The Morgan fingerprint density at radius 3 is 2.89 bits per heavy atom. The highest BCUT2D eigenvalue weighted by atomic mass is 16.3. The first kappa shape index (κ1) is 12.3. The lowest BCUT2D eigenvalue weighted by Gasteiger charge is -2.29. The van der Waals surface area contributed by atoms with Gasteiger partial charge in [0.25, 0.3) is 0 Å². The van der Waals surface area contributed by atoms with Crippen LogP contribution in [0.1, 0.15) is 42.1 Å². The van der Waals surface area contributed by atoms with Crippen molar-refractivity contribution in [3.8, 4) is 0 Å². The molecule has 0 fully saturated rings. The van der Waals surface area contributed by atoms with E-state index in [1.807, 2.05) is 24.4 Å². The molecule has 1 aliphatic carbocycles. The minimum atomic E-state index is 0.0743. The van der Waals surface area contributed by atoms with Crippen LogP contribution in [0.3, 0.4) is 0 Å². The van der Waals surface area contributed by atoms with Gasteiger partial charge >= 0.3 is 0 Å². The first-order valence-corrected chi connectivity index (χ1v) is 6.79. The maximum atomic E-state index is 12.1. The van der Waals surface area contributed by atoms with E-state index in [1.54, 1.807) is 6.26 Å². The number of Topliss-reactive ketones (excluding diaryl/α,β-unsaturated/α-hetero) is 1. The van der Waals surface area contributed by atoms with E-state index in [9.17, 15) is 4.79 Å². The van der Waals surface area contributed by atoms with Crippen LogP contribution in [0, 0.1) is 5.41 Å². The average Bonchev–Trinajstić information content (AvgIpc) is 2.93. The molecule has 2 heterocycles. The average molecular weight is 257 g/mol. The number of carbonyl (C=O) groups is 1. The third-order valence-corrected chi connectivity index (χ3v) is 3.84. The number of aryl methyl sites for hydroxylation is 2. The zero-order chi connectivity index (χ0) is 13.5. The lowest BCUT2D eigenvalue weighted by atomic mass is 9.76. The number of aromatic nitrogens is 1. The van der Waals surface area contributed by atoms with Crippen LogP contribution in [-0.4, -0.2) is 10.4 Å². The van der Waals surface area contributed by atoms with Crippen molar-refractivity contribution in [3.63, 3.8) is 0 Å². The van der Waals surface area contributed by atoms with E-state index in [1.165, 1.54) is 5.69 Å². The molecule has 3 heteroatoms. The zero-order valence-electron chi connectivity index (χ0n) is 11.5. The van der Waals surface area contributed by atoms with Gasteiger partial charge in [-0.05, 0) is 30.0 Å². The Bertz CT molecular complexity index is 590. The van der Waals surface area contributed by atoms with E-state index in [0.717, 1.165) is 30.7 Å². The van der Waals surface area contributed by atoms with Crippen LogP contribution in [0.5, 0.6) is 0 Å². The fourth-order valence-corrected chi connectivity index (χ4v) is 2.90. The van der Waals surface area contributed by atoms with Gasteiger partial charge in [-0.15, -0.1) is 0 Å². The summed E-state index contributed by atoms with van der Waals surface area (Å²) in [7, 11) is 0. The summed E-state index contributed by atoms with van der Waals surface area (Å²) in [6.45, 7) is 5.20. The van der Waals surface area contributed by atoms with Crippen LogP contribution in [0.4, 0.5) is 0 Å². The minimum absolute atomic E-state index is 0.0743. The van der Waals surface area contributed by atoms with Crippen LogP contribution >= 0.6 is 0 Å². The first-order valence-electron chi connectivity index (χ1n) is 6.79. The quantitative estimate of drug-likeness (QED) is 0.843. The normalized spacial score (nSPS) is 17.5. The Kier molecular flexibility index (Phi) is 2.85. The molecule has 2 aromatic rings. The van der Waals surface area contributed by atoms with Crippen molar-refractivity contribution in [3.05, 3.63) is 47.7 Å². The smallest absolute Gasteiger partial charge is 0.165 e. The maximum absolute atomic E-state index is 12.1. The molecule has 0 radical (unpaired) electrons. The van der Waals surface area contributed by atoms with E-state index in [-0.39, 0.29) is 11.2 Å². The van der Waals surface area contributed by atoms with E-state index in [0.29, 0.717) is 6.42 Å². The van der Waals surface area contributed by atoms with E-state index in [2.05, 4.69) is 18.4 Å². The Labute approximate surface area is 113 Å². The second-order valence-corrected chi connectivity index (χ2v) is 6.14. The Morgan fingerprint density at radius 2 is 2.16 bits per heavy atom. The van der Waals surface area contributed by atoms with Crippen LogP contribution in [0.15, 0.2) is 35.1 Å². The SMILES string of the molecule is CC1(C)CC(=O)c2ccn(CCc3ccco3)c2C1. The highest BCUT2D eigenvalue weighted by Crippen LogP contribution is 2.35. The van der Waals surface area contributed by atoms with Crippen molar-refractivity contribution < 1.29 is 9.21 Å². The molecular weight excluding hydrogens is 238 g/mol. The molecule has 0 spiro atoms. The fraction of sp³-hybridized carbons (Fsp3) is 0.438. The van der Waals surface area contributed by atoms with Crippen molar-refractivity contribution in [2.45, 2.75) is 39.7 Å². The molecule has 1 aliphatic rings. The predicted molar refractivity (Wildman–Crippen MR) is 73.3 cm³/mol. The number of hydrogen-bond donors (Lipinski definition) is 0. The lowest BCUT2D eigenvalue weighted by Crippen LogP contribution is -2.28. The molecule has 0 saturated heterocycles. The molecule has 3 rings (SSSR count). The molecule has 100 valence electrons. The summed E-state index contributed by atoms with van der Waals surface area (Å²) >= 11 is 0. The van der Waals surface area contributed by atoms with E-state index >= 15 is 0 Å². The summed E-state index contributed by atoms with van der Waals surface area (Å²) in [5.41, 5.74) is 2.18. The number of ketones is 1. The summed E-state index contributed by atoms with van der Waals surface area (Å²) in [6, 6.07) is 5.87. The monoisotopic (exact) mass is 257 g/mol. The number of carbonyl (C=O) groups excluding carboxylic acids is 1. The number of hydrogen-bond acceptors (Lipinski definition) is 2. The van der Waals surface area contributed by atoms with Crippen LogP contribution in [0.2, 0.25) is 0 Å². The third-order valence-electron chi connectivity index (χ3n) is 3.84. The fourth-order valence-electron chi connectivity index (χ4n) is 2.90. The van der Waals surface area contributed by atoms with Gasteiger partial charge in [0.1, 0.15) is 5.76 Å². The van der Waals surface area contributed by atoms with Gasteiger partial charge < -0.3 is 8.98 Å². The molecule has 2 aromatic heterocycles. The minimum Gasteiger partial charge on any atom is -0.469 e. The Hall–Kier alpha value is -1.77. The van der Waals surface area contributed by atoms with Gasteiger partial charge in [-0.3, -0.25) is 4.79 Å². The third kappa shape index (κ3) is 2.37. The summed E-state index contributed by atoms with van der Waals surface area (Å²) in [6.07, 6.45) is 6.23. The summed E-state index contributed by atoms with van der Waals surface area (Å²) in [5, 5.41) is 0. The lowest BCUT2D eigenvalue weighted by molar-refractivity contribution is 0.0910. The molecular formula is C16H19NO2. The predicted octanol–water partition coefficient (Wildman–Crippen LogP) is 3.48. The van der Waals surface area contributed by atoms with E-state index in [4.69, 9.17) is 4.42 Å². The topological polar surface area (TPSA) is 35.1 Å². The zero-order valence-corrected chi connectivity index (χ0v) is 11.5. The van der Waals surface area contributed by atoms with Crippen LogP contribution in [0.25, 0.3) is 0 Å². The van der Waals surface area contributed by atoms with Crippen molar-refractivity contribution in [1.82, 2.24) is 4.57 Å². The van der Waals surface area contributed by atoms with Gasteiger partial charge in [0.2, 0.25) is 0 Å². The summed E-state index contributed by atoms with van der Waals surface area (Å²) in [4.78, 5) is 12.1. The number of fused-ring (bicyclic) bond motifs is 1. The van der Waals surface area contributed by atoms with Crippen LogP contribution < -0.4 is 0 Å². The molecule has 19 heavy (non-hydrogen) atoms. The van der Waals surface area contributed by atoms with Crippen molar-refractivity contribution in [2.75, 3.05) is 0 Å². The molecule has 0 aliphatic heterocycles. The van der Waals surface area contributed by atoms with Gasteiger partial charge in [0.15, 0.2) is 5.78 Å². The van der Waals surface area contributed by atoms with Crippen molar-refractivity contribution >= 4 is 5.78 Å². The van der Waals surface area contributed by atoms with Gasteiger partial charge in [-0.2, -0.15) is 0 Å². The summed E-state index contributed by atoms with van der Waals surface area (Å²) in [5.74, 6) is 1.27. The Morgan fingerprint density at radius 1 is 1.32 bits per heavy atom.